The number of nitrogens with zero attached hydrogens (tertiary/aromatic N) is 3. The number of alkyl halides is 6. The first-order valence-electron chi connectivity index (χ1n) is 16.0. The second kappa shape index (κ2) is 16.9. The zero-order valence-corrected chi connectivity index (χ0v) is 32.2. The maximum atomic E-state index is 13.1. The number of thioether (sulfide) groups is 2. The average molecular weight is 823 g/mol. The highest BCUT2D eigenvalue weighted by Gasteiger charge is 2.34. The molecule has 0 unspecified atom stereocenters. The Kier molecular flexibility index (Phi) is 12.7. The van der Waals surface area contributed by atoms with Gasteiger partial charge in [-0.15, -0.1) is 46.2 Å². The molecule has 8 nitrogen and oxygen atoms in total. The van der Waals surface area contributed by atoms with E-state index in [-0.39, 0.29) is 23.0 Å². The van der Waals surface area contributed by atoms with Crippen LogP contribution in [0.15, 0.2) is 82.8 Å². The van der Waals surface area contributed by atoms with Gasteiger partial charge >= 0.3 is 12.4 Å². The minimum atomic E-state index is -4.59. The van der Waals surface area contributed by atoms with Crippen molar-refractivity contribution in [2.24, 2.45) is 0 Å². The summed E-state index contributed by atoms with van der Waals surface area (Å²) >= 11 is 5.77. The van der Waals surface area contributed by atoms with E-state index >= 15 is 0 Å². The molecule has 284 valence electrons. The van der Waals surface area contributed by atoms with Gasteiger partial charge in [-0.2, -0.15) is 26.3 Å². The van der Waals surface area contributed by atoms with Crippen molar-refractivity contribution in [3.8, 4) is 0 Å². The molecular weight excluding hydrogens is 791 g/mol. The van der Waals surface area contributed by atoms with Crippen LogP contribution in [0.25, 0.3) is 20.2 Å². The van der Waals surface area contributed by atoms with Gasteiger partial charge in [0.2, 0.25) is 0 Å². The summed E-state index contributed by atoms with van der Waals surface area (Å²) < 4.78 is 79.2. The Bertz CT molecular complexity index is 2310. The fraction of sp³-hybridized carbons (Fsp3) is 0.222. The molecular formula is C36H32F6N6O2S4. The number of thiophene rings is 2. The maximum absolute atomic E-state index is 13.1. The maximum Gasteiger partial charge on any atom is 0.433 e. The van der Waals surface area contributed by atoms with E-state index in [4.69, 9.17) is 5.73 Å². The van der Waals surface area contributed by atoms with Crippen LogP contribution >= 0.6 is 46.2 Å². The monoisotopic (exact) mass is 822 g/mol. The van der Waals surface area contributed by atoms with Gasteiger partial charge in [0.05, 0.1) is 35.1 Å². The molecule has 2 aromatic carbocycles. The second-order valence-electron chi connectivity index (χ2n) is 11.2. The summed E-state index contributed by atoms with van der Waals surface area (Å²) in [6.07, 6.45) is -7.14. The van der Waals surface area contributed by atoms with E-state index in [9.17, 15) is 35.9 Å². The molecule has 2 amide bonds. The Balaban J connectivity index is 0.000000208. The van der Waals surface area contributed by atoms with Crippen LogP contribution in [0.2, 0.25) is 0 Å². The van der Waals surface area contributed by atoms with Gasteiger partial charge in [0.15, 0.2) is 0 Å². The first kappa shape index (κ1) is 40.7. The highest BCUT2D eigenvalue weighted by molar-refractivity contribution is 8.00. The summed E-state index contributed by atoms with van der Waals surface area (Å²) in [7, 11) is 3.03. The molecule has 18 heteroatoms. The van der Waals surface area contributed by atoms with Gasteiger partial charge in [0.25, 0.3) is 11.8 Å². The first-order valence-corrected chi connectivity index (χ1v) is 19.6. The highest BCUT2D eigenvalue weighted by atomic mass is 32.2. The van der Waals surface area contributed by atoms with Gasteiger partial charge in [-0.3, -0.25) is 9.59 Å². The van der Waals surface area contributed by atoms with Crippen molar-refractivity contribution in [1.29, 1.82) is 0 Å². The lowest BCUT2D eigenvalue weighted by atomic mass is 10.2. The van der Waals surface area contributed by atoms with E-state index < -0.39 is 29.6 Å². The SMILES string of the molecule is CCSc1c(C(=O)N(C)c2cnc(C(F)(F)F)cc2N)sc2ccccc12.CCSc1c(C(=O)Nc2cc(C(F)(F)F)ncc2NC)sc2ccccc12. The summed E-state index contributed by atoms with van der Waals surface area (Å²) in [4.78, 5) is 36.7. The van der Waals surface area contributed by atoms with Crippen molar-refractivity contribution in [3.05, 3.63) is 94.2 Å². The molecule has 0 fully saturated rings. The third-order valence-electron chi connectivity index (χ3n) is 7.66. The normalized spacial score (nSPS) is 11.7. The number of benzene rings is 2. The molecule has 0 saturated heterocycles. The Morgan fingerprint density at radius 1 is 0.778 bits per heavy atom. The molecule has 4 N–H and O–H groups in total. The summed E-state index contributed by atoms with van der Waals surface area (Å²) in [6.45, 7) is 3.98. The molecule has 6 aromatic rings. The predicted molar refractivity (Wildman–Crippen MR) is 210 cm³/mol. The van der Waals surface area contributed by atoms with Crippen LogP contribution in [0.1, 0.15) is 44.6 Å². The van der Waals surface area contributed by atoms with Crippen molar-refractivity contribution in [3.63, 3.8) is 0 Å². The Morgan fingerprint density at radius 3 is 1.80 bits per heavy atom. The first-order chi connectivity index (χ1) is 25.6. The molecule has 0 atom stereocenters. The summed E-state index contributed by atoms with van der Waals surface area (Å²) in [6, 6.07) is 16.9. The molecule has 0 radical (unpaired) electrons. The molecule has 0 aliphatic carbocycles. The van der Waals surface area contributed by atoms with E-state index in [0.29, 0.717) is 15.4 Å². The zero-order valence-electron chi connectivity index (χ0n) is 29.0. The quantitative estimate of drug-likeness (QED) is 0.0976. The topological polar surface area (TPSA) is 113 Å². The number of halogens is 6. The van der Waals surface area contributed by atoms with Gasteiger partial charge < -0.3 is 21.3 Å². The Morgan fingerprint density at radius 2 is 1.28 bits per heavy atom. The lowest BCUT2D eigenvalue weighted by molar-refractivity contribution is -0.141. The molecule has 0 aliphatic rings. The van der Waals surface area contributed by atoms with Crippen LogP contribution in [0.4, 0.5) is 49.1 Å². The largest absolute Gasteiger partial charge is 0.433 e. The van der Waals surface area contributed by atoms with Crippen LogP contribution in [0.3, 0.4) is 0 Å². The van der Waals surface area contributed by atoms with Crippen LogP contribution in [0.5, 0.6) is 0 Å². The van der Waals surface area contributed by atoms with E-state index in [0.717, 1.165) is 66.0 Å². The standard InChI is InChI=1S/2C18H16F3N3OS2/c1-3-26-15-10-6-4-5-7-13(10)27-16(15)17(25)24(2)12-9-23-14(8-11(12)22)18(19,20)21;1-3-26-15-10-6-4-5-7-13(10)27-16(15)17(25)24-11-8-14(18(19,20)21)23-9-12(11)22-2/h4-9H,3H2,1-2H3,(H2,22,23);4-9,22H,3H2,1-2H3,(H,23,24,25). The van der Waals surface area contributed by atoms with E-state index in [1.54, 1.807) is 18.8 Å². The number of anilines is 4. The molecule has 0 spiro atoms. The van der Waals surface area contributed by atoms with Gasteiger partial charge in [0.1, 0.15) is 21.1 Å². The van der Waals surface area contributed by atoms with Crippen LogP contribution in [-0.2, 0) is 12.4 Å². The van der Waals surface area contributed by atoms with Crippen LogP contribution in [0, 0.1) is 0 Å². The van der Waals surface area contributed by atoms with Crippen molar-refractivity contribution < 1.29 is 35.9 Å². The number of amides is 2. The highest BCUT2D eigenvalue weighted by Crippen LogP contribution is 2.41. The number of carbonyl (C=O) groups is 2. The van der Waals surface area contributed by atoms with Crippen molar-refractivity contribution in [2.75, 3.05) is 46.9 Å². The Labute approximate surface area is 322 Å². The summed E-state index contributed by atoms with van der Waals surface area (Å²) in [5.41, 5.74) is 3.95. The summed E-state index contributed by atoms with van der Waals surface area (Å²) in [5, 5.41) is 7.32. The third kappa shape index (κ3) is 8.88. The summed E-state index contributed by atoms with van der Waals surface area (Å²) in [5.74, 6) is 0.786. The Hall–Kier alpha value is -4.52. The number of carbonyl (C=O) groups excluding carboxylic acids is 2. The molecule has 0 bridgehead atoms. The number of fused-ring (bicyclic) bond motifs is 2. The minimum Gasteiger partial charge on any atom is -0.397 e. The van der Waals surface area contributed by atoms with Crippen molar-refractivity contribution >= 4 is 101 Å². The smallest absolute Gasteiger partial charge is 0.397 e. The fourth-order valence-corrected chi connectivity index (χ4v) is 9.65. The minimum absolute atomic E-state index is 0.0368. The molecule has 4 aromatic heterocycles. The molecule has 4 heterocycles. The van der Waals surface area contributed by atoms with Crippen LogP contribution in [-0.4, -0.2) is 47.4 Å². The number of nitrogens with one attached hydrogen (secondary N) is 2. The number of pyridine rings is 2. The van der Waals surface area contributed by atoms with Crippen molar-refractivity contribution in [1.82, 2.24) is 9.97 Å². The van der Waals surface area contributed by atoms with Crippen molar-refractivity contribution in [2.45, 2.75) is 36.0 Å². The van der Waals surface area contributed by atoms with Gasteiger partial charge in [0, 0.05) is 44.1 Å². The van der Waals surface area contributed by atoms with E-state index in [2.05, 4.69) is 20.6 Å². The number of hydrogen-bond acceptors (Lipinski definition) is 10. The predicted octanol–water partition coefficient (Wildman–Crippen LogP) is 11.0. The molecule has 6 rings (SSSR count). The molecule has 0 aliphatic heterocycles. The van der Waals surface area contributed by atoms with E-state index in [1.807, 2.05) is 62.4 Å². The van der Waals surface area contributed by atoms with Crippen LogP contribution < -0.4 is 21.3 Å². The zero-order chi connectivity index (χ0) is 39.4. The number of aromatic nitrogens is 2. The number of nitrogens with two attached hydrogens (primary N) is 1. The van der Waals surface area contributed by atoms with Gasteiger partial charge in [-0.25, -0.2) is 9.97 Å². The average Bonchev–Trinajstić information content (AvgIpc) is 3.69. The number of hydrogen-bond donors (Lipinski definition) is 3. The number of rotatable bonds is 9. The molecule has 0 saturated carbocycles. The second-order valence-corrected chi connectivity index (χ2v) is 15.8. The fourth-order valence-electron chi connectivity index (χ4n) is 5.16. The van der Waals surface area contributed by atoms with Gasteiger partial charge in [-0.05, 0) is 35.8 Å². The van der Waals surface area contributed by atoms with E-state index in [1.165, 1.54) is 46.4 Å². The molecule has 54 heavy (non-hydrogen) atoms. The lowest BCUT2D eigenvalue weighted by Crippen LogP contribution is -2.27. The third-order valence-corrected chi connectivity index (χ3v) is 12.2. The van der Waals surface area contributed by atoms with Gasteiger partial charge in [-0.1, -0.05) is 50.2 Å². The number of nitrogen functional groups attached to an aromatic ring is 1. The lowest BCUT2D eigenvalue weighted by Gasteiger charge is -2.19.